The van der Waals surface area contributed by atoms with Crippen LogP contribution in [0, 0.1) is 18.3 Å². The number of aliphatic hydroxyl groups is 1. The average molecular weight is 319 g/mol. The zero-order chi connectivity index (χ0) is 15.8. The molecule has 0 spiro atoms. The molecule has 1 aromatic rings. The van der Waals surface area contributed by atoms with Crippen molar-refractivity contribution in [2.75, 3.05) is 6.61 Å². The van der Waals surface area contributed by atoms with Crippen LogP contribution in [0.1, 0.15) is 29.0 Å². The summed E-state index contributed by atoms with van der Waals surface area (Å²) < 4.78 is 39.5. The number of alkyl halides is 3. The van der Waals surface area contributed by atoms with Gasteiger partial charge in [0.15, 0.2) is 0 Å². The average Bonchev–Trinajstić information content (AvgIpc) is 2.86. The Kier molecular flexibility index (Phi) is 4.47. The van der Waals surface area contributed by atoms with Crippen LogP contribution >= 0.6 is 11.6 Å². The van der Waals surface area contributed by atoms with Crippen molar-refractivity contribution in [1.29, 1.82) is 5.26 Å². The van der Waals surface area contributed by atoms with E-state index in [9.17, 15) is 13.2 Å². The third-order valence-electron chi connectivity index (χ3n) is 3.88. The normalized spacial score (nSPS) is 25.9. The van der Waals surface area contributed by atoms with E-state index >= 15 is 0 Å². The molecule has 0 saturated carbocycles. The van der Waals surface area contributed by atoms with Gasteiger partial charge >= 0.3 is 6.18 Å². The van der Waals surface area contributed by atoms with Crippen LogP contribution in [0.4, 0.5) is 13.2 Å². The second kappa shape index (κ2) is 5.84. The van der Waals surface area contributed by atoms with Crippen LogP contribution in [-0.2, 0) is 0 Å². The molecule has 0 radical (unpaired) electrons. The molecule has 1 aromatic carbocycles. The second-order valence-electron chi connectivity index (χ2n) is 5.16. The first-order valence-corrected chi connectivity index (χ1v) is 6.80. The van der Waals surface area contributed by atoms with Crippen LogP contribution in [0.3, 0.4) is 0 Å². The first kappa shape index (κ1) is 16.1. The number of nitrogens with zero attached hydrogens (tertiary/aromatic N) is 1. The molecule has 1 aliphatic rings. The van der Waals surface area contributed by atoms with E-state index in [-0.39, 0.29) is 23.6 Å². The van der Waals surface area contributed by atoms with Gasteiger partial charge in [-0.05, 0) is 30.5 Å². The number of hydrogen-bond acceptors (Lipinski definition) is 3. The minimum atomic E-state index is -4.42. The van der Waals surface area contributed by atoms with Crippen LogP contribution in [0.2, 0.25) is 5.02 Å². The molecule has 2 N–H and O–H groups in total. The van der Waals surface area contributed by atoms with E-state index in [0.29, 0.717) is 11.1 Å². The van der Waals surface area contributed by atoms with Gasteiger partial charge in [-0.3, -0.25) is 0 Å². The Morgan fingerprint density at radius 2 is 2.14 bits per heavy atom. The number of hydrogen-bond donors (Lipinski definition) is 2. The van der Waals surface area contributed by atoms with Crippen molar-refractivity contribution < 1.29 is 18.3 Å². The van der Waals surface area contributed by atoms with Crippen LogP contribution in [0.15, 0.2) is 12.1 Å². The summed E-state index contributed by atoms with van der Waals surface area (Å²) in [6.45, 7) is 1.25. The lowest BCUT2D eigenvalue weighted by atomic mass is 9.87. The third-order valence-corrected chi connectivity index (χ3v) is 4.36. The van der Waals surface area contributed by atoms with E-state index in [1.165, 1.54) is 12.1 Å². The Morgan fingerprint density at radius 1 is 1.48 bits per heavy atom. The van der Waals surface area contributed by atoms with Gasteiger partial charge in [-0.1, -0.05) is 17.7 Å². The largest absolute Gasteiger partial charge is 0.404 e. The molecule has 1 unspecified atom stereocenters. The van der Waals surface area contributed by atoms with Crippen LogP contribution in [0.25, 0.3) is 0 Å². The summed E-state index contributed by atoms with van der Waals surface area (Å²) in [6, 6.07) is 2.53. The van der Waals surface area contributed by atoms with Gasteiger partial charge in [-0.15, -0.1) is 0 Å². The summed E-state index contributed by atoms with van der Waals surface area (Å²) >= 11 is 6.04. The molecule has 3 atom stereocenters. The molecule has 7 heteroatoms. The van der Waals surface area contributed by atoms with Gasteiger partial charge in [-0.25, -0.2) is 0 Å². The lowest BCUT2D eigenvalue weighted by molar-refractivity contribution is -0.156. The van der Waals surface area contributed by atoms with E-state index in [1.807, 2.05) is 6.07 Å². The number of halogens is 4. The van der Waals surface area contributed by atoms with Gasteiger partial charge in [0.2, 0.25) is 0 Å². The molecule has 114 valence electrons. The molecule has 2 rings (SSSR count). The van der Waals surface area contributed by atoms with E-state index < -0.39 is 24.2 Å². The summed E-state index contributed by atoms with van der Waals surface area (Å²) in [5, 5.41) is 20.6. The SMILES string of the molecule is Cc1c(C2C[C@@H](CO)N[C@H]2C(F)(F)F)ccc(C#N)c1Cl. The van der Waals surface area contributed by atoms with Gasteiger partial charge in [-0.2, -0.15) is 18.4 Å². The fourth-order valence-corrected chi connectivity index (χ4v) is 3.04. The van der Waals surface area contributed by atoms with Crippen LogP contribution in [0.5, 0.6) is 0 Å². The summed E-state index contributed by atoms with van der Waals surface area (Å²) in [5.41, 5.74) is 1.19. The molecule has 3 nitrogen and oxygen atoms in total. The zero-order valence-corrected chi connectivity index (χ0v) is 12.0. The molecule has 0 bridgehead atoms. The van der Waals surface area contributed by atoms with E-state index in [1.54, 1.807) is 6.92 Å². The Balaban J connectivity index is 2.44. The summed E-state index contributed by atoms with van der Waals surface area (Å²) in [5.74, 6) is -0.826. The number of rotatable bonds is 2. The monoisotopic (exact) mass is 318 g/mol. The smallest absolute Gasteiger partial charge is 0.395 e. The maximum Gasteiger partial charge on any atom is 0.404 e. The van der Waals surface area contributed by atoms with Crippen molar-refractivity contribution in [3.63, 3.8) is 0 Å². The Bertz CT molecular complexity index is 583. The lowest BCUT2D eigenvalue weighted by Crippen LogP contribution is -2.43. The Hall–Kier alpha value is -1.29. The fourth-order valence-electron chi connectivity index (χ4n) is 2.83. The third kappa shape index (κ3) is 3.00. The Labute approximate surface area is 125 Å². The highest BCUT2D eigenvalue weighted by atomic mass is 35.5. The van der Waals surface area contributed by atoms with E-state index in [0.717, 1.165) is 0 Å². The van der Waals surface area contributed by atoms with Gasteiger partial charge in [0.1, 0.15) is 12.1 Å². The molecule has 1 fully saturated rings. The van der Waals surface area contributed by atoms with E-state index in [4.69, 9.17) is 22.0 Å². The standard InChI is InChI=1S/C14H14ClF3N2O/c1-7-10(3-2-8(5-19)12(7)15)11-4-9(6-21)20-13(11)14(16,17)18/h2-3,9,11,13,20-21H,4,6H2,1H3/t9-,11?,13+/m0/s1. The molecule has 21 heavy (non-hydrogen) atoms. The highest BCUT2D eigenvalue weighted by Crippen LogP contribution is 2.42. The maximum atomic E-state index is 13.2. The van der Waals surface area contributed by atoms with Gasteiger partial charge in [0.05, 0.1) is 17.2 Å². The molecule has 1 aliphatic heterocycles. The van der Waals surface area contributed by atoms with Gasteiger partial charge in [0, 0.05) is 12.0 Å². The Morgan fingerprint density at radius 3 is 2.67 bits per heavy atom. The first-order chi connectivity index (χ1) is 9.79. The molecule has 0 aromatic heterocycles. The van der Waals surface area contributed by atoms with Gasteiger partial charge in [0.25, 0.3) is 0 Å². The topological polar surface area (TPSA) is 56.0 Å². The highest BCUT2D eigenvalue weighted by molar-refractivity contribution is 6.32. The maximum absolute atomic E-state index is 13.2. The predicted octanol–water partition coefficient (Wildman–Crippen LogP) is 2.89. The first-order valence-electron chi connectivity index (χ1n) is 6.42. The predicted molar refractivity (Wildman–Crippen MR) is 72.1 cm³/mol. The van der Waals surface area contributed by atoms with Crippen molar-refractivity contribution in [2.24, 2.45) is 0 Å². The van der Waals surface area contributed by atoms with Crippen molar-refractivity contribution in [3.05, 3.63) is 33.8 Å². The number of benzene rings is 1. The van der Waals surface area contributed by atoms with Crippen LogP contribution in [-0.4, -0.2) is 30.0 Å². The molecular weight excluding hydrogens is 305 g/mol. The zero-order valence-electron chi connectivity index (χ0n) is 11.2. The van der Waals surface area contributed by atoms with E-state index in [2.05, 4.69) is 5.32 Å². The summed E-state index contributed by atoms with van der Waals surface area (Å²) in [6.07, 6.45) is -4.24. The number of nitrogens with one attached hydrogen (secondary N) is 1. The van der Waals surface area contributed by atoms with Crippen molar-refractivity contribution in [2.45, 2.75) is 37.5 Å². The lowest BCUT2D eigenvalue weighted by Gasteiger charge is -2.24. The van der Waals surface area contributed by atoms with Crippen molar-refractivity contribution in [1.82, 2.24) is 5.32 Å². The molecule has 1 saturated heterocycles. The fraction of sp³-hybridized carbons (Fsp3) is 0.500. The molecule has 0 amide bonds. The van der Waals surface area contributed by atoms with Crippen LogP contribution < -0.4 is 5.32 Å². The minimum absolute atomic E-state index is 0.170. The molecule has 1 heterocycles. The summed E-state index contributed by atoms with van der Waals surface area (Å²) in [7, 11) is 0. The molecule has 0 aliphatic carbocycles. The second-order valence-corrected chi connectivity index (χ2v) is 5.54. The summed E-state index contributed by atoms with van der Waals surface area (Å²) in [4.78, 5) is 0. The van der Waals surface area contributed by atoms with Crippen molar-refractivity contribution >= 4 is 11.6 Å². The van der Waals surface area contributed by atoms with Gasteiger partial charge < -0.3 is 10.4 Å². The number of nitriles is 1. The quantitative estimate of drug-likeness (QED) is 0.881. The van der Waals surface area contributed by atoms with Crippen molar-refractivity contribution in [3.8, 4) is 6.07 Å². The molecular formula is C14H14ClF3N2O. The highest BCUT2D eigenvalue weighted by Gasteiger charge is 2.50. The minimum Gasteiger partial charge on any atom is -0.395 e. The number of aliphatic hydroxyl groups excluding tert-OH is 1.